The van der Waals surface area contributed by atoms with E-state index in [-0.39, 0.29) is 11.1 Å². The lowest BCUT2D eigenvalue weighted by Crippen LogP contribution is -2.50. The van der Waals surface area contributed by atoms with Crippen LogP contribution >= 0.6 is 11.8 Å². The van der Waals surface area contributed by atoms with Gasteiger partial charge < -0.3 is 24.8 Å². The van der Waals surface area contributed by atoms with Crippen LogP contribution in [0.2, 0.25) is 0 Å². The molecule has 0 spiro atoms. The summed E-state index contributed by atoms with van der Waals surface area (Å²) in [7, 11) is 5.40. The van der Waals surface area contributed by atoms with Crippen LogP contribution in [0, 0.1) is 11.8 Å². The molecular formula is C19H34N4O3S. The van der Waals surface area contributed by atoms with Gasteiger partial charge in [-0.15, -0.1) is 0 Å². The molecule has 7 nitrogen and oxygen atoms in total. The molecule has 0 aromatic rings. The third-order valence-corrected chi connectivity index (χ3v) is 8.08. The molecule has 2 aliphatic heterocycles. The van der Waals surface area contributed by atoms with Gasteiger partial charge in [-0.1, -0.05) is 11.8 Å². The Bertz CT molecular complexity index is 555. The fourth-order valence-corrected chi connectivity index (χ4v) is 6.53. The van der Waals surface area contributed by atoms with Gasteiger partial charge >= 0.3 is 0 Å². The summed E-state index contributed by atoms with van der Waals surface area (Å²) < 4.78 is 16.8. The maximum atomic E-state index is 6.85. The van der Waals surface area contributed by atoms with Crippen LogP contribution in [0.3, 0.4) is 0 Å². The van der Waals surface area contributed by atoms with E-state index in [1.807, 2.05) is 14.2 Å². The number of rotatable bonds is 5. The number of ether oxygens (including phenoxy) is 3. The highest BCUT2D eigenvalue weighted by molar-refractivity contribution is 8.00. The highest BCUT2D eigenvalue weighted by Gasteiger charge is 2.49. The second kappa shape index (κ2) is 8.47. The Balaban J connectivity index is 1.57. The maximum Gasteiger partial charge on any atom is 0.171 e. The highest BCUT2D eigenvalue weighted by atomic mass is 32.2. The Labute approximate surface area is 166 Å². The average Bonchev–Trinajstić information content (AvgIpc) is 3.29. The van der Waals surface area contributed by atoms with Crippen LogP contribution in [-0.2, 0) is 14.2 Å². The van der Waals surface area contributed by atoms with Gasteiger partial charge in [-0.25, -0.2) is 10.9 Å². The highest BCUT2D eigenvalue weighted by Crippen LogP contribution is 2.49. The summed E-state index contributed by atoms with van der Waals surface area (Å²) >= 11 is 1.74. The van der Waals surface area contributed by atoms with Gasteiger partial charge in [0.2, 0.25) is 0 Å². The first kappa shape index (κ1) is 19.8. The van der Waals surface area contributed by atoms with Crippen molar-refractivity contribution in [1.29, 1.82) is 0 Å². The number of fused-ring (bicyclic) bond motifs is 1. The molecular weight excluding hydrogens is 364 g/mol. The standard InChI is InChI=1S/C19H34N4O3S/c1-24-12-6-4-11(5-7-12)16-14-10-13(25-2)8-9-15(14)23(17(16)20)18-21-22-19(26-3)27-18/h11-15,18-19,21-22H,4-10,20H2,1-3H3. The van der Waals surface area contributed by atoms with Crippen LogP contribution in [0.5, 0.6) is 0 Å². The van der Waals surface area contributed by atoms with E-state index in [4.69, 9.17) is 19.9 Å². The van der Waals surface area contributed by atoms with E-state index >= 15 is 0 Å². The molecule has 2 saturated carbocycles. The summed E-state index contributed by atoms with van der Waals surface area (Å²) in [6, 6.07) is 0.453. The van der Waals surface area contributed by atoms with E-state index in [0.29, 0.717) is 30.1 Å². The van der Waals surface area contributed by atoms with E-state index in [1.165, 1.54) is 18.4 Å². The van der Waals surface area contributed by atoms with Gasteiger partial charge in [-0.2, -0.15) is 0 Å². The molecule has 0 bridgehead atoms. The van der Waals surface area contributed by atoms with Gasteiger partial charge in [0.05, 0.1) is 12.2 Å². The largest absolute Gasteiger partial charge is 0.385 e. The van der Waals surface area contributed by atoms with E-state index in [0.717, 1.165) is 37.9 Å². The lowest BCUT2D eigenvalue weighted by atomic mass is 9.72. The minimum Gasteiger partial charge on any atom is -0.385 e. The smallest absolute Gasteiger partial charge is 0.171 e. The number of methoxy groups -OCH3 is 3. The molecule has 0 amide bonds. The van der Waals surface area contributed by atoms with Gasteiger partial charge in [0, 0.05) is 33.3 Å². The van der Waals surface area contributed by atoms with E-state index < -0.39 is 0 Å². The molecule has 2 aliphatic carbocycles. The molecule has 27 heavy (non-hydrogen) atoms. The third-order valence-electron chi connectivity index (χ3n) is 6.92. The van der Waals surface area contributed by atoms with Crippen LogP contribution in [-0.4, -0.2) is 55.5 Å². The molecule has 154 valence electrons. The first-order valence-electron chi connectivity index (χ1n) is 10.2. The number of thioether (sulfide) groups is 1. The first-order valence-corrected chi connectivity index (χ1v) is 11.1. The topological polar surface area (TPSA) is 81.0 Å². The predicted molar refractivity (Wildman–Crippen MR) is 106 cm³/mol. The summed E-state index contributed by atoms with van der Waals surface area (Å²) in [5.74, 6) is 2.06. The minimum atomic E-state index is -0.0437. The Hall–Kier alpha value is -0.510. The van der Waals surface area contributed by atoms with E-state index in [9.17, 15) is 0 Å². The predicted octanol–water partition coefficient (Wildman–Crippen LogP) is 1.92. The van der Waals surface area contributed by atoms with Gasteiger partial charge in [0.1, 0.15) is 11.3 Å². The number of hydrogen-bond donors (Lipinski definition) is 3. The quantitative estimate of drug-likeness (QED) is 0.648. The molecule has 3 fully saturated rings. The molecule has 5 atom stereocenters. The summed E-state index contributed by atoms with van der Waals surface area (Å²) in [4.78, 5) is 2.42. The molecule has 0 radical (unpaired) electrons. The van der Waals surface area contributed by atoms with Crippen molar-refractivity contribution in [3.05, 3.63) is 11.4 Å². The zero-order chi connectivity index (χ0) is 19.0. The zero-order valence-corrected chi connectivity index (χ0v) is 17.5. The normalized spacial score (nSPS) is 42.6. The fraction of sp³-hybridized carbons (Fsp3) is 0.895. The van der Waals surface area contributed by atoms with E-state index in [1.54, 1.807) is 18.9 Å². The van der Waals surface area contributed by atoms with Crippen LogP contribution in [0.25, 0.3) is 0 Å². The second-order valence-corrected chi connectivity index (χ2v) is 9.29. The van der Waals surface area contributed by atoms with E-state index in [2.05, 4.69) is 15.8 Å². The molecule has 4 rings (SSSR count). The minimum absolute atomic E-state index is 0.0437. The Morgan fingerprint density at radius 3 is 2.26 bits per heavy atom. The molecule has 5 unspecified atom stereocenters. The Morgan fingerprint density at radius 2 is 1.63 bits per heavy atom. The molecule has 8 heteroatoms. The van der Waals surface area contributed by atoms with Crippen LogP contribution in [0.15, 0.2) is 11.4 Å². The summed E-state index contributed by atoms with van der Waals surface area (Å²) in [6.07, 6.45) is 8.67. The zero-order valence-electron chi connectivity index (χ0n) is 16.6. The third kappa shape index (κ3) is 3.72. The number of hydrazine groups is 1. The van der Waals surface area contributed by atoms with Crippen molar-refractivity contribution < 1.29 is 14.2 Å². The lowest BCUT2D eigenvalue weighted by molar-refractivity contribution is 0.0253. The molecule has 4 aliphatic rings. The van der Waals surface area contributed by atoms with Gasteiger partial charge in [-0.05, 0) is 56.4 Å². The SMILES string of the molecule is COC1CCC(C2=C(N)N(C3NNC(OC)S3)C3CCC(OC)CC23)CC1. The Morgan fingerprint density at radius 1 is 0.926 bits per heavy atom. The van der Waals surface area contributed by atoms with Crippen molar-refractivity contribution in [2.24, 2.45) is 17.6 Å². The van der Waals surface area contributed by atoms with Crippen LogP contribution in [0.1, 0.15) is 44.9 Å². The van der Waals surface area contributed by atoms with Crippen LogP contribution in [0.4, 0.5) is 0 Å². The molecule has 1 saturated heterocycles. The molecule has 4 N–H and O–H groups in total. The first-order chi connectivity index (χ1) is 13.2. The number of hydrogen-bond acceptors (Lipinski definition) is 8. The van der Waals surface area contributed by atoms with Crippen molar-refractivity contribution in [2.45, 2.75) is 74.3 Å². The monoisotopic (exact) mass is 398 g/mol. The molecule has 2 heterocycles. The van der Waals surface area contributed by atoms with Crippen molar-refractivity contribution in [3.63, 3.8) is 0 Å². The summed E-state index contributed by atoms with van der Waals surface area (Å²) in [5.41, 5.74) is 15.0. The van der Waals surface area contributed by atoms with Gasteiger partial charge in [0.25, 0.3) is 0 Å². The summed E-state index contributed by atoms with van der Waals surface area (Å²) in [5, 5.41) is 0. The number of nitrogens with two attached hydrogens (primary N) is 1. The number of nitrogens with one attached hydrogen (secondary N) is 2. The molecule has 0 aromatic carbocycles. The Kier molecular flexibility index (Phi) is 6.21. The van der Waals surface area contributed by atoms with Crippen molar-refractivity contribution in [2.75, 3.05) is 21.3 Å². The van der Waals surface area contributed by atoms with Crippen molar-refractivity contribution in [1.82, 2.24) is 15.8 Å². The average molecular weight is 399 g/mol. The second-order valence-electron chi connectivity index (χ2n) is 8.15. The molecule has 0 aromatic heterocycles. The fourth-order valence-electron chi connectivity index (χ4n) is 5.51. The van der Waals surface area contributed by atoms with Gasteiger partial charge in [0.15, 0.2) is 5.56 Å². The maximum absolute atomic E-state index is 6.85. The van der Waals surface area contributed by atoms with Gasteiger partial charge in [-0.3, -0.25) is 0 Å². The van der Waals surface area contributed by atoms with Crippen molar-refractivity contribution in [3.8, 4) is 0 Å². The lowest BCUT2D eigenvalue weighted by Gasteiger charge is -2.40. The summed E-state index contributed by atoms with van der Waals surface area (Å²) in [6.45, 7) is 0. The van der Waals surface area contributed by atoms with Crippen molar-refractivity contribution >= 4 is 11.8 Å². The number of nitrogens with zero attached hydrogens (tertiary/aromatic N) is 1. The van der Waals surface area contributed by atoms with Crippen LogP contribution < -0.4 is 16.6 Å².